The number of aliphatic hydroxyl groups is 1. The zero-order chi connectivity index (χ0) is 16.9. The van der Waals surface area contributed by atoms with Crippen LogP contribution in [0.3, 0.4) is 0 Å². The van der Waals surface area contributed by atoms with Gasteiger partial charge in [0.25, 0.3) is 0 Å². The van der Waals surface area contributed by atoms with Crippen molar-refractivity contribution in [3.63, 3.8) is 0 Å². The molecule has 2 N–H and O–H groups in total. The van der Waals surface area contributed by atoms with Crippen LogP contribution in [-0.4, -0.2) is 28.9 Å². The largest absolute Gasteiger partial charge is 0.388 e. The molecule has 4 nitrogen and oxygen atoms in total. The van der Waals surface area contributed by atoms with Gasteiger partial charge in [-0.05, 0) is 43.9 Å². The second kappa shape index (κ2) is 7.73. The van der Waals surface area contributed by atoms with E-state index in [4.69, 9.17) is 0 Å². The first kappa shape index (κ1) is 17.7. The Morgan fingerprint density at radius 1 is 1.09 bits per heavy atom. The lowest BCUT2D eigenvalue weighted by Gasteiger charge is -2.32. The standard InChI is InChI=1S/C19H27NO3/c1-14-6-7-16(12-15(14)2)17(21)8-9-18(22)20-13-19(23)10-4-3-5-11-19/h6-7,12,23H,3-5,8-11,13H2,1-2H3,(H,20,22). The Balaban J connectivity index is 1.77. The molecular formula is C19H27NO3. The second-order valence-corrected chi connectivity index (χ2v) is 6.78. The number of carbonyl (C=O) groups is 2. The molecule has 0 bridgehead atoms. The number of hydrogen-bond acceptors (Lipinski definition) is 3. The summed E-state index contributed by atoms with van der Waals surface area (Å²) < 4.78 is 0. The summed E-state index contributed by atoms with van der Waals surface area (Å²) in [5.74, 6) is -0.180. The molecule has 0 radical (unpaired) electrons. The van der Waals surface area contributed by atoms with Gasteiger partial charge in [0.15, 0.2) is 5.78 Å². The topological polar surface area (TPSA) is 66.4 Å². The van der Waals surface area contributed by atoms with E-state index in [1.807, 2.05) is 32.0 Å². The molecule has 0 aliphatic heterocycles. The third-order valence-corrected chi connectivity index (χ3v) is 4.81. The number of Topliss-reactive ketones (excluding diaryl/α,β-unsaturated/α-hetero) is 1. The van der Waals surface area contributed by atoms with Crippen LogP contribution in [-0.2, 0) is 4.79 Å². The molecule has 0 spiro atoms. The molecule has 23 heavy (non-hydrogen) atoms. The molecule has 2 rings (SSSR count). The molecule has 1 aromatic rings. The van der Waals surface area contributed by atoms with Crippen LogP contribution in [0.4, 0.5) is 0 Å². The van der Waals surface area contributed by atoms with Crippen molar-refractivity contribution in [3.8, 4) is 0 Å². The Labute approximate surface area is 138 Å². The fraction of sp³-hybridized carbons (Fsp3) is 0.579. The smallest absolute Gasteiger partial charge is 0.220 e. The fourth-order valence-corrected chi connectivity index (χ4v) is 3.02. The van der Waals surface area contributed by atoms with E-state index in [-0.39, 0.29) is 24.5 Å². The summed E-state index contributed by atoms with van der Waals surface area (Å²) in [6.07, 6.45) is 5.04. The number of ketones is 1. The maximum absolute atomic E-state index is 12.2. The van der Waals surface area contributed by atoms with Crippen molar-refractivity contribution in [1.29, 1.82) is 0 Å². The minimum absolute atomic E-state index is 0.0142. The number of amides is 1. The van der Waals surface area contributed by atoms with Crippen LogP contribution >= 0.6 is 0 Å². The van der Waals surface area contributed by atoms with Gasteiger partial charge in [0.2, 0.25) is 5.91 Å². The fourth-order valence-electron chi connectivity index (χ4n) is 3.02. The number of nitrogens with one attached hydrogen (secondary N) is 1. The van der Waals surface area contributed by atoms with Gasteiger partial charge in [-0.1, -0.05) is 31.4 Å². The lowest BCUT2D eigenvalue weighted by molar-refractivity contribution is -0.122. The molecule has 1 aliphatic rings. The molecule has 1 fully saturated rings. The van der Waals surface area contributed by atoms with Crippen LogP contribution in [0.2, 0.25) is 0 Å². The van der Waals surface area contributed by atoms with Crippen molar-refractivity contribution < 1.29 is 14.7 Å². The first-order valence-electron chi connectivity index (χ1n) is 8.49. The average molecular weight is 317 g/mol. The highest BCUT2D eigenvalue weighted by Crippen LogP contribution is 2.27. The summed E-state index contributed by atoms with van der Waals surface area (Å²) >= 11 is 0. The van der Waals surface area contributed by atoms with E-state index in [1.165, 1.54) is 0 Å². The lowest BCUT2D eigenvalue weighted by Crippen LogP contribution is -2.44. The van der Waals surface area contributed by atoms with E-state index in [2.05, 4.69) is 5.32 Å². The Morgan fingerprint density at radius 3 is 2.43 bits per heavy atom. The Hall–Kier alpha value is -1.68. The molecule has 0 atom stereocenters. The van der Waals surface area contributed by atoms with E-state index in [0.717, 1.165) is 43.2 Å². The summed E-state index contributed by atoms with van der Waals surface area (Å²) in [6, 6.07) is 5.62. The van der Waals surface area contributed by atoms with Gasteiger partial charge in [-0.2, -0.15) is 0 Å². The SMILES string of the molecule is Cc1ccc(C(=O)CCC(=O)NCC2(O)CCCCC2)cc1C. The zero-order valence-corrected chi connectivity index (χ0v) is 14.2. The van der Waals surface area contributed by atoms with Crippen LogP contribution in [0.15, 0.2) is 18.2 Å². The molecule has 126 valence electrons. The molecule has 0 aromatic heterocycles. The maximum Gasteiger partial charge on any atom is 0.220 e. The first-order valence-corrected chi connectivity index (χ1v) is 8.49. The minimum Gasteiger partial charge on any atom is -0.388 e. The van der Waals surface area contributed by atoms with Crippen LogP contribution in [0, 0.1) is 13.8 Å². The van der Waals surface area contributed by atoms with Gasteiger partial charge < -0.3 is 10.4 Å². The van der Waals surface area contributed by atoms with E-state index < -0.39 is 5.60 Å². The molecule has 0 saturated heterocycles. The molecular weight excluding hydrogens is 290 g/mol. The number of aryl methyl sites for hydroxylation is 2. The van der Waals surface area contributed by atoms with Gasteiger partial charge in [0.1, 0.15) is 0 Å². The van der Waals surface area contributed by atoms with Crippen LogP contribution in [0.5, 0.6) is 0 Å². The Bertz CT molecular complexity index is 574. The molecule has 0 unspecified atom stereocenters. The van der Waals surface area contributed by atoms with Gasteiger partial charge >= 0.3 is 0 Å². The third-order valence-electron chi connectivity index (χ3n) is 4.81. The number of hydrogen-bond donors (Lipinski definition) is 2. The average Bonchev–Trinajstić information content (AvgIpc) is 2.54. The van der Waals surface area contributed by atoms with E-state index in [9.17, 15) is 14.7 Å². The molecule has 0 heterocycles. The molecule has 4 heteroatoms. The first-order chi connectivity index (χ1) is 10.9. The van der Waals surface area contributed by atoms with Gasteiger partial charge in [-0.3, -0.25) is 9.59 Å². The molecule has 1 aromatic carbocycles. The van der Waals surface area contributed by atoms with Gasteiger partial charge in [0.05, 0.1) is 5.60 Å². The third kappa shape index (κ3) is 5.17. The monoisotopic (exact) mass is 317 g/mol. The van der Waals surface area contributed by atoms with Gasteiger partial charge in [-0.25, -0.2) is 0 Å². The van der Waals surface area contributed by atoms with Crippen molar-refractivity contribution in [2.24, 2.45) is 0 Å². The van der Waals surface area contributed by atoms with Crippen molar-refractivity contribution in [1.82, 2.24) is 5.32 Å². The lowest BCUT2D eigenvalue weighted by atomic mass is 9.85. The normalized spacial score (nSPS) is 16.8. The van der Waals surface area contributed by atoms with Crippen molar-refractivity contribution in [2.75, 3.05) is 6.54 Å². The summed E-state index contributed by atoms with van der Waals surface area (Å²) in [4.78, 5) is 24.1. The highest BCUT2D eigenvalue weighted by molar-refractivity contribution is 5.98. The predicted octanol–water partition coefficient (Wildman–Crippen LogP) is 3.08. The number of benzene rings is 1. The molecule has 1 saturated carbocycles. The van der Waals surface area contributed by atoms with E-state index >= 15 is 0 Å². The zero-order valence-electron chi connectivity index (χ0n) is 14.2. The maximum atomic E-state index is 12.2. The molecule has 1 amide bonds. The highest BCUT2D eigenvalue weighted by Gasteiger charge is 2.29. The quantitative estimate of drug-likeness (QED) is 0.792. The van der Waals surface area contributed by atoms with Crippen LogP contribution in [0.25, 0.3) is 0 Å². The number of rotatable bonds is 6. The van der Waals surface area contributed by atoms with Crippen LogP contribution in [0.1, 0.15) is 66.4 Å². The summed E-state index contributed by atoms with van der Waals surface area (Å²) in [6.45, 7) is 4.28. The van der Waals surface area contributed by atoms with Crippen molar-refractivity contribution in [2.45, 2.75) is 64.4 Å². The molecule has 1 aliphatic carbocycles. The Morgan fingerprint density at radius 2 is 1.78 bits per heavy atom. The van der Waals surface area contributed by atoms with E-state index in [0.29, 0.717) is 12.1 Å². The summed E-state index contributed by atoms with van der Waals surface area (Å²) in [7, 11) is 0. The second-order valence-electron chi connectivity index (χ2n) is 6.78. The Kier molecular flexibility index (Phi) is 5.94. The summed E-state index contributed by atoms with van der Waals surface area (Å²) in [5.41, 5.74) is 2.14. The van der Waals surface area contributed by atoms with Crippen molar-refractivity contribution >= 4 is 11.7 Å². The summed E-state index contributed by atoms with van der Waals surface area (Å²) in [5, 5.41) is 13.1. The van der Waals surface area contributed by atoms with E-state index in [1.54, 1.807) is 0 Å². The highest BCUT2D eigenvalue weighted by atomic mass is 16.3. The number of carbonyl (C=O) groups excluding carboxylic acids is 2. The predicted molar refractivity (Wildman–Crippen MR) is 90.5 cm³/mol. The van der Waals surface area contributed by atoms with Gasteiger partial charge in [-0.15, -0.1) is 0 Å². The van der Waals surface area contributed by atoms with Crippen molar-refractivity contribution in [3.05, 3.63) is 34.9 Å². The minimum atomic E-state index is -0.758. The van der Waals surface area contributed by atoms with Gasteiger partial charge in [0, 0.05) is 24.9 Å². The van der Waals surface area contributed by atoms with Crippen LogP contribution < -0.4 is 5.32 Å².